The maximum absolute atomic E-state index is 13.2. The summed E-state index contributed by atoms with van der Waals surface area (Å²) >= 11 is 0. The Morgan fingerprint density at radius 2 is 1.97 bits per heavy atom. The predicted molar refractivity (Wildman–Crippen MR) is 114 cm³/mol. The van der Waals surface area contributed by atoms with E-state index in [1.165, 1.54) is 0 Å². The summed E-state index contributed by atoms with van der Waals surface area (Å²) in [6.45, 7) is 3.93. The second-order valence-corrected chi connectivity index (χ2v) is 8.55. The molecule has 1 fully saturated rings. The van der Waals surface area contributed by atoms with E-state index < -0.39 is 0 Å². The average molecular weight is 406 g/mol. The molecule has 1 amide bonds. The monoisotopic (exact) mass is 405 g/mol. The van der Waals surface area contributed by atoms with Gasteiger partial charge in [-0.15, -0.1) is 0 Å². The number of nitrogens with zero attached hydrogens (tertiary/aromatic N) is 5. The first-order valence-corrected chi connectivity index (χ1v) is 10.9. The molecule has 3 aromatic heterocycles. The summed E-state index contributed by atoms with van der Waals surface area (Å²) in [7, 11) is 0. The van der Waals surface area contributed by atoms with E-state index in [1.807, 2.05) is 40.6 Å². The Kier molecular flexibility index (Phi) is 4.89. The third-order valence-electron chi connectivity index (χ3n) is 6.51. The van der Waals surface area contributed by atoms with Crippen molar-refractivity contribution < 1.29 is 4.79 Å². The molecule has 1 aliphatic carbocycles. The summed E-state index contributed by atoms with van der Waals surface area (Å²) in [4.78, 5) is 32.1. The van der Waals surface area contributed by atoms with Crippen molar-refractivity contribution in [3.8, 4) is 0 Å². The summed E-state index contributed by atoms with van der Waals surface area (Å²) in [5, 5.41) is 4.66. The quantitative estimate of drug-likeness (QED) is 0.672. The van der Waals surface area contributed by atoms with Gasteiger partial charge in [0.05, 0.1) is 11.4 Å². The zero-order chi connectivity index (χ0) is 20.7. The number of aryl methyl sites for hydroxylation is 3. The minimum Gasteiger partial charge on any atom is -0.337 e. The van der Waals surface area contributed by atoms with Gasteiger partial charge in [-0.1, -0.05) is 6.07 Å². The average Bonchev–Trinajstić information content (AvgIpc) is 3.10. The van der Waals surface area contributed by atoms with E-state index in [9.17, 15) is 9.59 Å². The fourth-order valence-electron chi connectivity index (χ4n) is 4.82. The lowest BCUT2D eigenvalue weighted by molar-refractivity contribution is 0.0672. The fraction of sp³-hybridized carbons (Fsp3) is 0.478. The molecule has 0 atom stereocenters. The van der Waals surface area contributed by atoms with Gasteiger partial charge >= 0.3 is 0 Å². The molecule has 156 valence electrons. The molecule has 2 aliphatic rings. The van der Waals surface area contributed by atoms with Gasteiger partial charge in [0.15, 0.2) is 0 Å². The summed E-state index contributed by atoms with van der Waals surface area (Å²) in [5.74, 6) is 0.401. The third kappa shape index (κ3) is 3.42. The predicted octanol–water partition coefficient (Wildman–Crippen LogP) is 2.63. The minimum atomic E-state index is 0.00973. The van der Waals surface area contributed by atoms with Crippen LogP contribution in [-0.4, -0.2) is 43.1 Å². The molecular formula is C23H27N5O2. The number of imidazole rings is 1. The SMILES string of the molecule is Cc1nc2ccccn2c1C(=O)N1CCC(Cn2nc3c(cc2=O)CCCC3)CC1. The zero-order valence-electron chi connectivity index (χ0n) is 17.4. The minimum absolute atomic E-state index is 0.00973. The molecule has 7 nitrogen and oxygen atoms in total. The van der Waals surface area contributed by atoms with Crippen molar-refractivity contribution in [1.82, 2.24) is 24.1 Å². The zero-order valence-corrected chi connectivity index (χ0v) is 17.4. The lowest BCUT2D eigenvalue weighted by Crippen LogP contribution is -2.41. The Morgan fingerprint density at radius 1 is 1.17 bits per heavy atom. The fourth-order valence-corrected chi connectivity index (χ4v) is 4.82. The van der Waals surface area contributed by atoms with Crippen LogP contribution >= 0.6 is 0 Å². The maximum atomic E-state index is 13.2. The summed E-state index contributed by atoms with van der Waals surface area (Å²) in [5.41, 5.74) is 4.44. The standard InChI is InChI=1S/C23H27N5O2/c1-16-22(27-11-5-4-8-20(27)24-16)23(30)26-12-9-17(10-13-26)15-28-21(29)14-18-6-2-3-7-19(18)25-28/h4-5,8,11,14,17H,2-3,6-7,9-10,12-13,15H2,1H3. The molecule has 7 heteroatoms. The van der Waals surface area contributed by atoms with Gasteiger partial charge in [-0.25, -0.2) is 9.67 Å². The number of amides is 1. The third-order valence-corrected chi connectivity index (χ3v) is 6.51. The Hall–Kier alpha value is -2.96. The van der Waals surface area contributed by atoms with Gasteiger partial charge in [0.25, 0.3) is 11.5 Å². The van der Waals surface area contributed by atoms with E-state index in [-0.39, 0.29) is 11.5 Å². The van der Waals surface area contributed by atoms with E-state index in [4.69, 9.17) is 0 Å². The Labute approximate surface area is 175 Å². The number of piperidine rings is 1. The first-order valence-electron chi connectivity index (χ1n) is 10.9. The molecular weight excluding hydrogens is 378 g/mol. The number of hydrogen-bond donors (Lipinski definition) is 0. The lowest BCUT2D eigenvalue weighted by atomic mass is 9.95. The lowest BCUT2D eigenvalue weighted by Gasteiger charge is -2.32. The van der Waals surface area contributed by atoms with E-state index in [2.05, 4.69) is 10.1 Å². The molecule has 5 rings (SSSR count). The first kappa shape index (κ1) is 19.0. The molecule has 0 radical (unpaired) electrons. The number of carbonyl (C=O) groups excluding carboxylic acids is 1. The molecule has 1 saturated heterocycles. The number of fused-ring (bicyclic) bond motifs is 2. The molecule has 0 aromatic carbocycles. The van der Waals surface area contributed by atoms with Gasteiger partial charge in [0, 0.05) is 31.9 Å². The molecule has 30 heavy (non-hydrogen) atoms. The van der Waals surface area contributed by atoms with Crippen molar-refractivity contribution in [2.24, 2.45) is 5.92 Å². The van der Waals surface area contributed by atoms with Crippen LogP contribution in [0.2, 0.25) is 0 Å². The molecule has 4 heterocycles. The van der Waals surface area contributed by atoms with Crippen LogP contribution in [0, 0.1) is 12.8 Å². The normalized spacial score (nSPS) is 17.3. The van der Waals surface area contributed by atoms with Crippen LogP contribution in [0.1, 0.15) is 53.1 Å². The number of rotatable bonds is 3. The Bertz CT molecular complexity index is 1150. The smallest absolute Gasteiger partial charge is 0.272 e. The second-order valence-electron chi connectivity index (χ2n) is 8.55. The molecule has 0 bridgehead atoms. The van der Waals surface area contributed by atoms with Gasteiger partial charge in [0.2, 0.25) is 0 Å². The highest BCUT2D eigenvalue weighted by Gasteiger charge is 2.27. The van der Waals surface area contributed by atoms with Crippen LogP contribution in [0.5, 0.6) is 0 Å². The van der Waals surface area contributed by atoms with Crippen molar-refractivity contribution in [2.75, 3.05) is 13.1 Å². The van der Waals surface area contributed by atoms with Crippen LogP contribution in [0.25, 0.3) is 5.65 Å². The molecule has 3 aromatic rings. The van der Waals surface area contributed by atoms with E-state index in [1.54, 1.807) is 10.7 Å². The van der Waals surface area contributed by atoms with Crippen LogP contribution in [-0.2, 0) is 19.4 Å². The van der Waals surface area contributed by atoms with Crippen molar-refractivity contribution >= 4 is 11.6 Å². The molecule has 0 unspecified atom stereocenters. The summed E-state index contributed by atoms with van der Waals surface area (Å²) in [6, 6.07) is 7.55. The number of aromatic nitrogens is 4. The van der Waals surface area contributed by atoms with Crippen LogP contribution in [0.4, 0.5) is 0 Å². The highest BCUT2D eigenvalue weighted by Crippen LogP contribution is 2.23. The second kappa shape index (κ2) is 7.70. The van der Waals surface area contributed by atoms with Crippen LogP contribution in [0.3, 0.4) is 0 Å². The Morgan fingerprint density at radius 3 is 2.80 bits per heavy atom. The van der Waals surface area contributed by atoms with Crippen molar-refractivity contribution in [2.45, 2.75) is 52.0 Å². The van der Waals surface area contributed by atoms with Gasteiger partial charge in [-0.2, -0.15) is 5.10 Å². The van der Waals surface area contributed by atoms with Crippen molar-refractivity contribution in [3.63, 3.8) is 0 Å². The molecule has 0 N–H and O–H groups in total. The first-order chi connectivity index (χ1) is 14.6. The highest BCUT2D eigenvalue weighted by molar-refractivity contribution is 5.94. The number of likely N-dealkylation sites (tertiary alicyclic amines) is 1. The number of hydrogen-bond acceptors (Lipinski definition) is 4. The summed E-state index contributed by atoms with van der Waals surface area (Å²) in [6.07, 6.45) is 7.91. The largest absolute Gasteiger partial charge is 0.337 e. The van der Waals surface area contributed by atoms with Crippen molar-refractivity contribution in [1.29, 1.82) is 0 Å². The molecule has 0 spiro atoms. The van der Waals surface area contributed by atoms with E-state index >= 15 is 0 Å². The van der Waals surface area contributed by atoms with Crippen molar-refractivity contribution in [3.05, 3.63) is 63.5 Å². The molecule has 0 saturated carbocycles. The van der Waals surface area contributed by atoms with Crippen LogP contribution < -0.4 is 5.56 Å². The number of pyridine rings is 1. The van der Waals surface area contributed by atoms with Gasteiger partial charge in [-0.05, 0) is 69.1 Å². The van der Waals surface area contributed by atoms with E-state index in [0.29, 0.717) is 31.2 Å². The van der Waals surface area contributed by atoms with Gasteiger partial charge in [0.1, 0.15) is 11.3 Å². The summed E-state index contributed by atoms with van der Waals surface area (Å²) < 4.78 is 3.53. The van der Waals surface area contributed by atoms with Gasteiger partial charge in [-0.3, -0.25) is 14.0 Å². The van der Waals surface area contributed by atoms with E-state index in [0.717, 1.165) is 61.1 Å². The highest BCUT2D eigenvalue weighted by atomic mass is 16.2. The Balaban J connectivity index is 1.27. The molecule has 1 aliphatic heterocycles. The van der Waals surface area contributed by atoms with Crippen LogP contribution in [0.15, 0.2) is 35.3 Å². The topological polar surface area (TPSA) is 72.5 Å². The maximum Gasteiger partial charge on any atom is 0.272 e. The van der Waals surface area contributed by atoms with Gasteiger partial charge < -0.3 is 4.90 Å². The number of carbonyl (C=O) groups is 1.